The predicted molar refractivity (Wildman–Crippen MR) is 139 cm³/mol. The van der Waals surface area contributed by atoms with Gasteiger partial charge in [-0.1, -0.05) is 12.1 Å². The molecule has 0 aliphatic carbocycles. The van der Waals surface area contributed by atoms with Gasteiger partial charge < -0.3 is 74.7 Å². The average Bonchev–Trinajstić information content (AvgIpc) is 3.03. The molecular weight excluding hydrogens is 594 g/mol. The van der Waals surface area contributed by atoms with Crippen molar-refractivity contribution in [2.75, 3.05) is 19.8 Å². The summed E-state index contributed by atoms with van der Waals surface area (Å²) in [7, 11) is 0. The molecule has 44 heavy (non-hydrogen) atoms. The summed E-state index contributed by atoms with van der Waals surface area (Å²) in [6.07, 6.45) is -22.1. The molecule has 0 bridgehead atoms. The number of hydrogen-bond acceptors (Lipinski definition) is 17. The maximum Gasteiger partial charge on any atom is 0.322 e. The number of nitrogens with zero attached hydrogens (tertiary/aromatic N) is 1. The lowest BCUT2D eigenvalue weighted by atomic mass is 9.91. The lowest BCUT2D eigenvalue weighted by Gasteiger charge is -2.47. The van der Waals surface area contributed by atoms with E-state index in [0.717, 1.165) is 0 Å². The molecule has 0 aromatic heterocycles. The number of carbonyl (C=O) groups excluding carboxylic acids is 1. The zero-order valence-corrected chi connectivity index (χ0v) is 23.0. The van der Waals surface area contributed by atoms with Crippen LogP contribution in [0.3, 0.4) is 0 Å². The molecule has 3 aliphatic rings. The summed E-state index contributed by atoms with van der Waals surface area (Å²) < 4.78 is 27.3. The number of aliphatic hydroxyl groups excluding tert-OH is 10. The van der Waals surface area contributed by atoms with Crippen LogP contribution in [-0.4, -0.2) is 156 Å². The molecule has 1 aromatic rings. The molecule has 3 heterocycles. The van der Waals surface area contributed by atoms with E-state index >= 15 is 0 Å². The Balaban J connectivity index is 1.44. The average molecular weight is 630 g/mol. The van der Waals surface area contributed by atoms with Crippen LogP contribution in [0.25, 0.3) is 0 Å². The summed E-state index contributed by atoms with van der Waals surface area (Å²) in [4.78, 5) is 12.7. The molecule has 0 amide bonds. The molecule has 244 valence electrons. The Hall–Kier alpha value is -2.96. The van der Waals surface area contributed by atoms with E-state index < -0.39 is 123 Å². The maximum atomic E-state index is 12.7. The molecule has 2 fully saturated rings. The molecule has 17 nitrogen and oxygen atoms in total. The summed E-state index contributed by atoms with van der Waals surface area (Å²) in [5.41, 5.74) is 0.546. The van der Waals surface area contributed by atoms with E-state index in [9.17, 15) is 55.9 Å². The standard InChI is InChI=1S/C27H35NO16/c28-6-10-1-3-11(4-2-10)12(32)5-13-17(33)20(36)24(15(8-30)40-13)43-27-23(39)21(37)25(16(9-31)42-27)44-26-22(38)19(35)18(34)14(7-29)41-26/h1-4,13-21,23-25,27,29-31,33-39H,5,7-9H2/t13-,14?,15?,16?,17?,18+,19?,20?,21?,23?,24+,25+,27+/m0/s1. The second-order valence-corrected chi connectivity index (χ2v) is 10.5. The van der Waals surface area contributed by atoms with E-state index in [4.69, 9.17) is 28.9 Å². The highest BCUT2D eigenvalue weighted by molar-refractivity contribution is 5.96. The van der Waals surface area contributed by atoms with Gasteiger partial charge in [0.15, 0.2) is 24.3 Å². The van der Waals surface area contributed by atoms with Crippen LogP contribution in [-0.2, 0) is 23.7 Å². The molecule has 0 radical (unpaired) electrons. The number of aliphatic hydroxyl groups is 10. The van der Waals surface area contributed by atoms with Gasteiger partial charge in [-0.3, -0.25) is 4.79 Å². The number of ketones is 1. The first-order valence-electron chi connectivity index (χ1n) is 13.6. The monoisotopic (exact) mass is 629 g/mol. The molecule has 2 saturated heterocycles. The third-order valence-corrected chi connectivity index (χ3v) is 7.67. The van der Waals surface area contributed by atoms with Gasteiger partial charge in [-0.15, -0.1) is 0 Å². The number of benzene rings is 1. The Kier molecular flexibility index (Phi) is 11.1. The molecule has 0 spiro atoms. The van der Waals surface area contributed by atoms with E-state index in [1.54, 1.807) is 0 Å². The van der Waals surface area contributed by atoms with Crippen LogP contribution in [0.1, 0.15) is 22.3 Å². The fourth-order valence-electron chi connectivity index (χ4n) is 5.11. The minimum Gasteiger partial charge on any atom is -0.504 e. The second-order valence-electron chi connectivity index (χ2n) is 10.5. The van der Waals surface area contributed by atoms with Crippen LogP contribution in [0.4, 0.5) is 0 Å². The summed E-state index contributed by atoms with van der Waals surface area (Å²) in [5.74, 6) is -2.29. The van der Waals surface area contributed by atoms with E-state index in [2.05, 4.69) is 0 Å². The Bertz CT molecular complexity index is 1200. The van der Waals surface area contributed by atoms with Gasteiger partial charge >= 0.3 is 5.95 Å². The highest BCUT2D eigenvalue weighted by Crippen LogP contribution is 2.33. The topological polar surface area (TPSA) is 289 Å². The molecule has 8 unspecified atom stereocenters. The van der Waals surface area contributed by atoms with Crippen molar-refractivity contribution in [3.05, 3.63) is 47.1 Å². The van der Waals surface area contributed by atoms with Gasteiger partial charge in [0.05, 0.1) is 37.6 Å². The number of hydrogen-bond donors (Lipinski definition) is 10. The normalized spacial score (nSPS) is 39.3. The van der Waals surface area contributed by atoms with Gasteiger partial charge in [-0.05, 0) is 12.1 Å². The number of carbonyl (C=O) groups is 1. The van der Waals surface area contributed by atoms with Gasteiger partial charge in [0, 0.05) is 12.0 Å². The van der Waals surface area contributed by atoms with Crippen molar-refractivity contribution in [3.63, 3.8) is 0 Å². The number of nitriles is 1. The van der Waals surface area contributed by atoms with Crippen molar-refractivity contribution < 1.29 is 79.5 Å². The Labute approximate surface area is 249 Å². The van der Waals surface area contributed by atoms with Crippen LogP contribution < -0.4 is 0 Å². The van der Waals surface area contributed by atoms with Crippen LogP contribution in [0.2, 0.25) is 0 Å². The second kappa shape index (κ2) is 14.4. The Morgan fingerprint density at radius 3 is 1.95 bits per heavy atom. The third kappa shape index (κ3) is 6.82. The number of Topliss-reactive ketones (excluding diaryl/α,β-unsaturated/α-hetero) is 1. The first-order valence-corrected chi connectivity index (χ1v) is 13.6. The first-order chi connectivity index (χ1) is 20.9. The quantitative estimate of drug-likeness (QED) is 0.109. The summed E-state index contributed by atoms with van der Waals surface area (Å²) >= 11 is 0. The molecule has 1 aromatic carbocycles. The van der Waals surface area contributed by atoms with E-state index in [-0.39, 0.29) is 5.56 Å². The van der Waals surface area contributed by atoms with Crippen LogP contribution in [0.15, 0.2) is 36.0 Å². The SMILES string of the molecule is N#Cc1ccc(C(=O)C[C@@H]2OC(CO)[C@@H](O[C@H]3OC(CO)[C@@H](OC4=C(O)C(O)[C@H](O)C(CO)O4)C(O)C3O)C(O)C2O)cc1. The van der Waals surface area contributed by atoms with Gasteiger partial charge in [0.2, 0.25) is 5.76 Å². The van der Waals surface area contributed by atoms with Crippen molar-refractivity contribution in [1.82, 2.24) is 0 Å². The van der Waals surface area contributed by atoms with Gasteiger partial charge in [0.1, 0.15) is 54.9 Å². The smallest absolute Gasteiger partial charge is 0.322 e. The van der Waals surface area contributed by atoms with Crippen molar-refractivity contribution in [2.24, 2.45) is 0 Å². The molecule has 4 rings (SSSR count). The fourth-order valence-corrected chi connectivity index (χ4v) is 5.11. The maximum absolute atomic E-state index is 12.7. The zero-order chi connectivity index (χ0) is 32.3. The summed E-state index contributed by atoms with van der Waals surface area (Å²) in [6.45, 7) is -2.44. The number of ether oxygens (including phenoxy) is 5. The summed E-state index contributed by atoms with van der Waals surface area (Å²) in [6, 6.07) is 7.62. The van der Waals surface area contributed by atoms with E-state index in [1.165, 1.54) is 24.3 Å². The van der Waals surface area contributed by atoms with E-state index in [1.807, 2.05) is 6.07 Å². The number of rotatable bonds is 10. The first kappa shape index (κ1) is 33.9. The van der Waals surface area contributed by atoms with Crippen LogP contribution >= 0.6 is 0 Å². The van der Waals surface area contributed by atoms with Crippen molar-refractivity contribution >= 4 is 5.78 Å². The van der Waals surface area contributed by atoms with Gasteiger partial charge in [-0.2, -0.15) is 5.26 Å². The van der Waals surface area contributed by atoms with Crippen molar-refractivity contribution in [2.45, 2.75) is 86.0 Å². The predicted octanol–water partition coefficient (Wildman–Crippen LogP) is -4.34. The minimum atomic E-state index is -1.97. The molecular formula is C27H35NO16. The lowest BCUT2D eigenvalue weighted by molar-refractivity contribution is -0.346. The van der Waals surface area contributed by atoms with Crippen LogP contribution in [0.5, 0.6) is 0 Å². The van der Waals surface area contributed by atoms with Gasteiger partial charge in [0.25, 0.3) is 0 Å². The Morgan fingerprint density at radius 1 is 0.773 bits per heavy atom. The molecule has 0 saturated carbocycles. The fraction of sp³-hybridized carbons (Fsp3) is 0.630. The molecule has 3 aliphatic heterocycles. The van der Waals surface area contributed by atoms with E-state index in [0.29, 0.717) is 5.56 Å². The summed E-state index contributed by atoms with van der Waals surface area (Å²) in [5, 5.41) is 111. The molecule has 13 atom stereocenters. The minimum absolute atomic E-state index is 0.216. The third-order valence-electron chi connectivity index (χ3n) is 7.67. The van der Waals surface area contributed by atoms with Crippen LogP contribution in [0, 0.1) is 11.3 Å². The zero-order valence-electron chi connectivity index (χ0n) is 23.0. The van der Waals surface area contributed by atoms with Crippen molar-refractivity contribution in [3.8, 4) is 6.07 Å². The van der Waals surface area contributed by atoms with Crippen molar-refractivity contribution in [1.29, 1.82) is 5.26 Å². The lowest BCUT2D eigenvalue weighted by Crippen LogP contribution is -2.65. The highest BCUT2D eigenvalue weighted by Gasteiger charge is 2.52. The molecule has 10 N–H and O–H groups in total. The highest BCUT2D eigenvalue weighted by atomic mass is 16.7. The van der Waals surface area contributed by atoms with Gasteiger partial charge in [-0.25, -0.2) is 0 Å². The molecule has 17 heteroatoms. The Morgan fingerprint density at radius 2 is 1.36 bits per heavy atom. The largest absolute Gasteiger partial charge is 0.504 e.